The molecule has 1 aliphatic heterocycles. The van der Waals surface area contributed by atoms with Crippen molar-refractivity contribution in [2.45, 2.75) is 65.2 Å². The van der Waals surface area contributed by atoms with Crippen LogP contribution in [0.1, 0.15) is 65.2 Å². The summed E-state index contributed by atoms with van der Waals surface area (Å²) in [5.74, 6) is -0.864. The maximum Gasteiger partial charge on any atom is 0.328 e. The number of carbonyl (C=O) groups excluding carboxylic acids is 3. The van der Waals surface area contributed by atoms with E-state index in [1.807, 2.05) is 6.92 Å². The largest absolute Gasteiger partial charge is 0.328 e. The SMILES string of the molecule is CCCCCCCC1(CCC)C(=O)NC(=O)NC1=O. The van der Waals surface area contributed by atoms with Crippen LogP contribution in [0.5, 0.6) is 0 Å². The van der Waals surface area contributed by atoms with Crippen LogP contribution in [-0.2, 0) is 9.59 Å². The molecule has 0 aromatic rings. The van der Waals surface area contributed by atoms with Crippen molar-refractivity contribution in [3.8, 4) is 0 Å². The van der Waals surface area contributed by atoms with Crippen LogP contribution in [0.15, 0.2) is 0 Å². The minimum atomic E-state index is -1.05. The molecule has 1 aliphatic rings. The van der Waals surface area contributed by atoms with Crippen LogP contribution in [0, 0.1) is 5.41 Å². The van der Waals surface area contributed by atoms with Gasteiger partial charge in [-0.1, -0.05) is 52.4 Å². The molecule has 1 fully saturated rings. The van der Waals surface area contributed by atoms with Crippen LogP contribution in [0.4, 0.5) is 4.79 Å². The number of hydrogen-bond acceptors (Lipinski definition) is 3. The van der Waals surface area contributed by atoms with Crippen molar-refractivity contribution >= 4 is 17.8 Å². The van der Waals surface area contributed by atoms with E-state index in [2.05, 4.69) is 17.6 Å². The van der Waals surface area contributed by atoms with Crippen molar-refractivity contribution in [3.63, 3.8) is 0 Å². The second-order valence-electron chi connectivity index (χ2n) is 5.23. The average Bonchev–Trinajstić information content (AvgIpc) is 2.35. The summed E-state index contributed by atoms with van der Waals surface area (Å²) in [7, 11) is 0. The van der Waals surface area contributed by atoms with Crippen molar-refractivity contribution in [1.82, 2.24) is 10.6 Å². The molecule has 0 unspecified atom stereocenters. The quantitative estimate of drug-likeness (QED) is 0.524. The fraction of sp³-hybridized carbons (Fsp3) is 0.786. The van der Waals surface area contributed by atoms with Gasteiger partial charge in [-0.3, -0.25) is 20.2 Å². The van der Waals surface area contributed by atoms with Gasteiger partial charge in [-0.25, -0.2) is 4.79 Å². The molecule has 1 saturated heterocycles. The van der Waals surface area contributed by atoms with E-state index in [0.717, 1.165) is 32.1 Å². The standard InChI is InChI=1S/C14H24N2O3/c1-3-5-6-7-8-10-14(9-4-2)11(17)15-13(19)16-12(14)18/h3-10H2,1-2H3,(H2,15,16,17,18,19). The second kappa shape index (κ2) is 7.26. The first-order valence-electron chi connectivity index (χ1n) is 7.23. The maximum absolute atomic E-state index is 12.1. The number of nitrogens with one attached hydrogen (secondary N) is 2. The van der Waals surface area contributed by atoms with Crippen LogP contribution in [0.3, 0.4) is 0 Å². The van der Waals surface area contributed by atoms with Gasteiger partial charge in [0.15, 0.2) is 0 Å². The first-order chi connectivity index (χ1) is 9.06. The number of urea groups is 1. The van der Waals surface area contributed by atoms with Crippen LogP contribution in [0.25, 0.3) is 0 Å². The number of barbiturate groups is 1. The second-order valence-corrected chi connectivity index (χ2v) is 5.23. The van der Waals surface area contributed by atoms with Crippen molar-refractivity contribution in [2.75, 3.05) is 0 Å². The Morgan fingerprint density at radius 1 is 0.789 bits per heavy atom. The zero-order valence-electron chi connectivity index (χ0n) is 11.9. The Balaban J connectivity index is 2.64. The monoisotopic (exact) mass is 268 g/mol. The van der Waals surface area contributed by atoms with E-state index in [0.29, 0.717) is 12.8 Å². The Hall–Kier alpha value is -1.39. The van der Waals surface area contributed by atoms with E-state index < -0.39 is 23.3 Å². The highest BCUT2D eigenvalue weighted by atomic mass is 16.2. The Bertz CT molecular complexity index is 333. The molecule has 0 aromatic heterocycles. The zero-order valence-corrected chi connectivity index (χ0v) is 11.9. The number of imide groups is 2. The Labute approximate surface area is 114 Å². The third-order valence-corrected chi connectivity index (χ3v) is 3.71. The smallest absolute Gasteiger partial charge is 0.277 e. The van der Waals surface area contributed by atoms with E-state index in [9.17, 15) is 14.4 Å². The molecule has 0 spiro atoms. The fourth-order valence-electron chi connectivity index (χ4n) is 2.62. The summed E-state index contributed by atoms with van der Waals surface area (Å²) >= 11 is 0. The first-order valence-corrected chi connectivity index (χ1v) is 7.23. The lowest BCUT2D eigenvalue weighted by Gasteiger charge is -2.33. The van der Waals surface area contributed by atoms with Crippen LogP contribution >= 0.6 is 0 Å². The predicted octanol–water partition coefficient (Wildman–Crippen LogP) is 2.50. The van der Waals surface area contributed by atoms with Gasteiger partial charge >= 0.3 is 6.03 Å². The van der Waals surface area contributed by atoms with Crippen LogP contribution in [-0.4, -0.2) is 17.8 Å². The number of rotatable bonds is 8. The summed E-state index contributed by atoms with van der Waals surface area (Å²) in [6.07, 6.45) is 7.09. The van der Waals surface area contributed by atoms with Gasteiger partial charge in [-0.2, -0.15) is 0 Å². The third kappa shape index (κ3) is 3.78. The molecule has 0 bridgehead atoms. The molecule has 0 saturated carbocycles. The zero-order chi connectivity index (χ0) is 14.3. The fourth-order valence-corrected chi connectivity index (χ4v) is 2.62. The van der Waals surface area contributed by atoms with E-state index in [4.69, 9.17) is 0 Å². The van der Waals surface area contributed by atoms with E-state index in [1.165, 1.54) is 6.42 Å². The maximum atomic E-state index is 12.1. The molecular weight excluding hydrogens is 244 g/mol. The Morgan fingerprint density at radius 2 is 1.37 bits per heavy atom. The van der Waals surface area contributed by atoms with Crippen molar-refractivity contribution in [3.05, 3.63) is 0 Å². The highest BCUT2D eigenvalue weighted by molar-refractivity contribution is 6.19. The molecule has 5 nitrogen and oxygen atoms in total. The normalized spacial score (nSPS) is 18.1. The van der Waals surface area contributed by atoms with Gasteiger partial charge < -0.3 is 0 Å². The molecule has 19 heavy (non-hydrogen) atoms. The van der Waals surface area contributed by atoms with E-state index in [-0.39, 0.29) is 0 Å². The summed E-state index contributed by atoms with van der Waals surface area (Å²) in [4.78, 5) is 35.2. The van der Waals surface area contributed by atoms with Gasteiger partial charge in [-0.15, -0.1) is 0 Å². The van der Waals surface area contributed by atoms with Crippen molar-refractivity contribution < 1.29 is 14.4 Å². The van der Waals surface area contributed by atoms with Crippen LogP contribution in [0.2, 0.25) is 0 Å². The van der Waals surface area contributed by atoms with Gasteiger partial charge in [0.05, 0.1) is 0 Å². The molecular formula is C14H24N2O3. The number of carbonyl (C=O) groups is 3. The topological polar surface area (TPSA) is 75.3 Å². The summed E-state index contributed by atoms with van der Waals surface area (Å²) in [6, 6.07) is -0.701. The highest BCUT2D eigenvalue weighted by Gasteiger charge is 2.48. The first kappa shape index (κ1) is 15.7. The molecule has 4 amide bonds. The van der Waals surface area contributed by atoms with Crippen molar-refractivity contribution in [2.24, 2.45) is 5.41 Å². The third-order valence-electron chi connectivity index (χ3n) is 3.71. The molecule has 5 heteroatoms. The summed E-state index contributed by atoms with van der Waals surface area (Å²) in [5.41, 5.74) is -1.05. The molecule has 0 atom stereocenters. The number of amides is 4. The van der Waals surface area contributed by atoms with Gasteiger partial charge in [0.1, 0.15) is 5.41 Å². The molecule has 0 radical (unpaired) electrons. The molecule has 2 N–H and O–H groups in total. The van der Waals surface area contributed by atoms with Crippen molar-refractivity contribution in [1.29, 1.82) is 0 Å². The average molecular weight is 268 g/mol. The lowest BCUT2D eigenvalue weighted by Crippen LogP contribution is -2.62. The lowest BCUT2D eigenvalue weighted by molar-refractivity contribution is -0.145. The van der Waals surface area contributed by atoms with E-state index >= 15 is 0 Å². The summed E-state index contributed by atoms with van der Waals surface area (Å²) in [6.45, 7) is 4.09. The van der Waals surface area contributed by atoms with Gasteiger partial charge in [-0.05, 0) is 12.8 Å². The van der Waals surface area contributed by atoms with Gasteiger partial charge in [0.25, 0.3) is 0 Å². The minimum absolute atomic E-state index is 0.432. The number of hydrogen-bond donors (Lipinski definition) is 2. The molecule has 0 aliphatic carbocycles. The minimum Gasteiger partial charge on any atom is -0.277 e. The Morgan fingerprint density at radius 3 is 1.89 bits per heavy atom. The molecule has 1 heterocycles. The highest BCUT2D eigenvalue weighted by Crippen LogP contribution is 2.33. The number of unbranched alkanes of at least 4 members (excludes halogenated alkanes) is 4. The summed E-state index contributed by atoms with van der Waals surface area (Å²) < 4.78 is 0. The van der Waals surface area contributed by atoms with Crippen LogP contribution < -0.4 is 10.6 Å². The summed E-state index contributed by atoms with van der Waals surface area (Å²) in [5, 5.41) is 4.46. The molecule has 108 valence electrons. The molecule has 0 aromatic carbocycles. The molecule has 1 rings (SSSR count). The van der Waals surface area contributed by atoms with E-state index in [1.54, 1.807) is 0 Å². The predicted molar refractivity (Wildman–Crippen MR) is 72.4 cm³/mol. The van der Waals surface area contributed by atoms with Gasteiger partial charge in [0.2, 0.25) is 11.8 Å². The lowest BCUT2D eigenvalue weighted by atomic mass is 9.76. The van der Waals surface area contributed by atoms with Gasteiger partial charge in [0, 0.05) is 0 Å². The Kier molecular flexibility index (Phi) is 5.99.